The van der Waals surface area contributed by atoms with Crippen molar-refractivity contribution in [2.75, 3.05) is 26.1 Å². The van der Waals surface area contributed by atoms with Gasteiger partial charge in [0.2, 0.25) is 0 Å². The van der Waals surface area contributed by atoms with Gasteiger partial charge in [-0.25, -0.2) is 8.78 Å². The van der Waals surface area contributed by atoms with Crippen molar-refractivity contribution in [3.8, 4) is 11.5 Å². The van der Waals surface area contributed by atoms with Crippen molar-refractivity contribution in [1.82, 2.24) is 0 Å². The quantitative estimate of drug-likeness (QED) is 0.573. The highest BCUT2D eigenvalue weighted by Crippen LogP contribution is 2.43. The van der Waals surface area contributed by atoms with E-state index in [9.17, 15) is 8.78 Å². The number of hydrogen-bond acceptors (Lipinski definition) is 3. The van der Waals surface area contributed by atoms with Gasteiger partial charge in [-0.2, -0.15) is 0 Å². The number of guanidine groups is 1. The van der Waals surface area contributed by atoms with Gasteiger partial charge in [0.05, 0.1) is 20.8 Å². The van der Waals surface area contributed by atoms with Crippen LogP contribution >= 0.6 is 0 Å². The van der Waals surface area contributed by atoms with Crippen molar-refractivity contribution < 1.29 is 18.3 Å². The number of nitrogens with one attached hydrogen (secondary N) is 1. The Kier molecular flexibility index (Phi) is 6.02. The molecule has 3 N–H and O–H groups in total. The van der Waals surface area contributed by atoms with Crippen LogP contribution in [0.3, 0.4) is 0 Å². The van der Waals surface area contributed by atoms with Crippen molar-refractivity contribution in [3.63, 3.8) is 0 Å². The third-order valence-corrected chi connectivity index (χ3v) is 5.26. The molecule has 0 aromatic heterocycles. The lowest BCUT2D eigenvalue weighted by atomic mass is 9.78. The predicted molar refractivity (Wildman–Crippen MR) is 106 cm³/mol. The number of nitrogens with zero attached hydrogens (tertiary/aromatic N) is 1. The van der Waals surface area contributed by atoms with E-state index < -0.39 is 17.0 Å². The first-order valence-electron chi connectivity index (χ1n) is 9.22. The second kappa shape index (κ2) is 8.46. The minimum atomic E-state index is -0.667. The second-order valence-electron chi connectivity index (χ2n) is 6.98. The molecule has 150 valence electrons. The Bertz CT molecular complexity index is 844. The Morgan fingerprint density at radius 1 is 1.07 bits per heavy atom. The molecule has 2 aromatic rings. The van der Waals surface area contributed by atoms with Crippen molar-refractivity contribution in [1.29, 1.82) is 0 Å². The van der Waals surface area contributed by atoms with E-state index in [-0.39, 0.29) is 18.1 Å². The molecule has 0 bridgehead atoms. The molecule has 0 radical (unpaired) electrons. The Morgan fingerprint density at radius 2 is 1.71 bits per heavy atom. The summed E-state index contributed by atoms with van der Waals surface area (Å²) in [6.45, 7) is 0.219. The van der Waals surface area contributed by atoms with Crippen LogP contribution in [0.15, 0.2) is 41.4 Å². The molecular formula is C21H25F2N3O2. The maximum absolute atomic E-state index is 14.4. The van der Waals surface area contributed by atoms with E-state index in [1.54, 1.807) is 32.4 Å². The average Bonchev–Trinajstić information content (AvgIpc) is 3.16. The van der Waals surface area contributed by atoms with Crippen LogP contribution in [-0.2, 0) is 5.41 Å². The molecule has 28 heavy (non-hydrogen) atoms. The zero-order valence-electron chi connectivity index (χ0n) is 16.1. The fourth-order valence-electron chi connectivity index (χ4n) is 3.88. The van der Waals surface area contributed by atoms with Gasteiger partial charge in [-0.15, -0.1) is 0 Å². The molecule has 0 aliphatic heterocycles. The number of rotatable bonds is 6. The fourth-order valence-corrected chi connectivity index (χ4v) is 3.88. The molecular weight excluding hydrogens is 364 g/mol. The Balaban J connectivity index is 1.81. The molecule has 0 saturated heterocycles. The highest BCUT2D eigenvalue weighted by Gasteiger charge is 2.39. The minimum Gasteiger partial charge on any atom is -0.493 e. The smallest absolute Gasteiger partial charge is 0.193 e. The van der Waals surface area contributed by atoms with Crippen molar-refractivity contribution in [2.24, 2.45) is 10.7 Å². The molecule has 0 amide bonds. The van der Waals surface area contributed by atoms with Crippen LogP contribution in [-0.4, -0.2) is 26.7 Å². The first-order valence-corrected chi connectivity index (χ1v) is 9.22. The zero-order chi connectivity index (χ0) is 20.1. The highest BCUT2D eigenvalue weighted by molar-refractivity contribution is 5.92. The second-order valence-corrected chi connectivity index (χ2v) is 6.98. The number of hydrogen-bond donors (Lipinski definition) is 2. The molecule has 1 aliphatic rings. The van der Waals surface area contributed by atoms with Crippen LogP contribution in [0.25, 0.3) is 0 Å². The van der Waals surface area contributed by atoms with E-state index in [4.69, 9.17) is 15.2 Å². The molecule has 0 unspecified atom stereocenters. The van der Waals surface area contributed by atoms with Gasteiger partial charge in [0.15, 0.2) is 17.5 Å². The third kappa shape index (κ3) is 4.03. The predicted octanol–water partition coefficient (Wildman–Crippen LogP) is 4.22. The summed E-state index contributed by atoms with van der Waals surface area (Å²) in [5.41, 5.74) is 6.17. The zero-order valence-corrected chi connectivity index (χ0v) is 16.1. The summed E-state index contributed by atoms with van der Waals surface area (Å²) in [5, 5.41) is 2.99. The van der Waals surface area contributed by atoms with Crippen LogP contribution < -0.4 is 20.5 Å². The van der Waals surface area contributed by atoms with Crippen LogP contribution in [0.1, 0.15) is 31.2 Å². The number of anilines is 1. The van der Waals surface area contributed by atoms with Crippen LogP contribution in [0.2, 0.25) is 0 Å². The lowest BCUT2D eigenvalue weighted by molar-refractivity contribution is 0.355. The van der Waals surface area contributed by atoms with Gasteiger partial charge in [0, 0.05) is 22.7 Å². The first-order chi connectivity index (χ1) is 13.5. The van der Waals surface area contributed by atoms with Gasteiger partial charge in [0.1, 0.15) is 11.6 Å². The number of nitrogens with two attached hydrogens (primary N) is 1. The first kappa shape index (κ1) is 19.9. The number of ether oxygens (including phenoxy) is 2. The molecule has 1 aliphatic carbocycles. The number of methoxy groups -OCH3 is 2. The summed E-state index contributed by atoms with van der Waals surface area (Å²) in [7, 11) is 3.11. The fraction of sp³-hybridized carbons (Fsp3) is 0.381. The SMILES string of the molecule is COc1ccc(NC(N)=NCC2(c3c(F)cccc3F)CCCC2)cc1OC. The Morgan fingerprint density at radius 3 is 2.32 bits per heavy atom. The van der Waals surface area contributed by atoms with Gasteiger partial charge in [0.25, 0.3) is 0 Å². The molecule has 1 saturated carbocycles. The summed E-state index contributed by atoms with van der Waals surface area (Å²) >= 11 is 0. The number of benzene rings is 2. The van der Waals surface area contributed by atoms with E-state index >= 15 is 0 Å². The van der Waals surface area contributed by atoms with Gasteiger partial charge in [-0.05, 0) is 37.1 Å². The topological polar surface area (TPSA) is 68.9 Å². The maximum Gasteiger partial charge on any atom is 0.193 e. The van der Waals surface area contributed by atoms with Crippen molar-refractivity contribution >= 4 is 11.6 Å². The summed E-state index contributed by atoms with van der Waals surface area (Å²) in [6, 6.07) is 9.25. The van der Waals surface area contributed by atoms with E-state index in [0.29, 0.717) is 30.0 Å². The normalized spacial score (nSPS) is 16.1. The standard InChI is InChI=1S/C21H25F2N3O2/c1-27-17-9-8-14(12-18(17)28-2)26-20(24)25-13-21(10-3-4-11-21)19-15(22)6-5-7-16(19)23/h5-9,12H,3-4,10-11,13H2,1-2H3,(H3,24,25,26). The molecule has 1 fully saturated rings. The van der Waals surface area contributed by atoms with E-state index in [1.807, 2.05) is 0 Å². The summed E-state index contributed by atoms with van der Waals surface area (Å²) in [5.74, 6) is 0.284. The van der Waals surface area contributed by atoms with Crippen molar-refractivity contribution in [2.45, 2.75) is 31.1 Å². The average molecular weight is 389 g/mol. The van der Waals surface area contributed by atoms with Gasteiger partial charge in [-0.1, -0.05) is 18.9 Å². The molecule has 2 aromatic carbocycles. The van der Waals surface area contributed by atoms with Crippen LogP contribution in [0.5, 0.6) is 11.5 Å². The molecule has 7 heteroatoms. The largest absolute Gasteiger partial charge is 0.493 e. The maximum atomic E-state index is 14.4. The summed E-state index contributed by atoms with van der Waals surface area (Å²) in [6.07, 6.45) is 3.18. The van der Waals surface area contributed by atoms with E-state index in [2.05, 4.69) is 10.3 Å². The van der Waals surface area contributed by atoms with Gasteiger partial charge < -0.3 is 20.5 Å². The van der Waals surface area contributed by atoms with Crippen LogP contribution in [0.4, 0.5) is 14.5 Å². The van der Waals surface area contributed by atoms with Crippen molar-refractivity contribution in [3.05, 3.63) is 53.6 Å². The van der Waals surface area contributed by atoms with Gasteiger partial charge >= 0.3 is 0 Å². The number of aliphatic imine (C=N–C) groups is 1. The minimum absolute atomic E-state index is 0.121. The number of halogens is 2. The third-order valence-electron chi connectivity index (χ3n) is 5.26. The Labute approximate surface area is 163 Å². The molecule has 0 atom stereocenters. The molecule has 3 rings (SSSR count). The summed E-state index contributed by atoms with van der Waals surface area (Å²) < 4.78 is 39.3. The molecule has 5 nitrogen and oxygen atoms in total. The van der Waals surface area contributed by atoms with E-state index in [0.717, 1.165) is 12.8 Å². The Hall–Kier alpha value is -2.83. The lowest BCUT2D eigenvalue weighted by Crippen LogP contribution is -2.32. The highest BCUT2D eigenvalue weighted by atomic mass is 19.1. The van der Waals surface area contributed by atoms with Crippen LogP contribution in [0, 0.1) is 11.6 Å². The monoisotopic (exact) mass is 389 g/mol. The van der Waals surface area contributed by atoms with E-state index in [1.165, 1.54) is 18.2 Å². The van der Waals surface area contributed by atoms with Gasteiger partial charge in [-0.3, -0.25) is 4.99 Å². The molecule has 0 spiro atoms. The molecule has 0 heterocycles. The summed E-state index contributed by atoms with van der Waals surface area (Å²) in [4.78, 5) is 4.41. The lowest BCUT2D eigenvalue weighted by Gasteiger charge is -2.28.